The Morgan fingerprint density at radius 1 is 1.38 bits per heavy atom. The minimum atomic E-state index is 0.169. The molecule has 3 heteroatoms. The van der Waals surface area contributed by atoms with Crippen LogP contribution in [0.5, 0.6) is 5.75 Å². The maximum atomic E-state index is 5.81. The molecule has 13 heavy (non-hydrogen) atoms. The Morgan fingerprint density at radius 2 is 2.08 bits per heavy atom. The average Bonchev–Trinajstić information content (AvgIpc) is 2.08. The summed E-state index contributed by atoms with van der Waals surface area (Å²) in [6.07, 6.45) is 2.19. The summed E-state index contributed by atoms with van der Waals surface area (Å²) >= 11 is 1.67. The molecule has 0 atom stereocenters. The highest BCUT2D eigenvalue weighted by molar-refractivity contribution is 7.98. The third-order valence-electron chi connectivity index (χ3n) is 1.58. The first kappa shape index (κ1) is 10.3. The molecular weight excluding hydrogens is 182 g/mol. The molecule has 0 aromatic heterocycles. The van der Waals surface area contributed by atoms with E-state index in [-0.39, 0.29) is 6.10 Å². The van der Waals surface area contributed by atoms with Gasteiger partial charge in [-0.15, -0.1) is 11.8 Å². The number of anilines is 1. The highest BCUT2D eigenvalue weighted by Gasteiger charge is 2.02. The zero-order valence-electron chi connectivity index (χ0n) is 8.20. The molecule has 0 amide bonds. The molecule has 0 saturated carbocycles. The third-order valence-corrected chi connectivity index (χ3v) is 2.30. The topological polar surface area (TPSA) is 35.2 Å². The second-order valence-corrected chi connectivity index (χ2v) is 3.95. The number of rotatable bonds is 3. The zero-order chi connectivity index (χ0) is 9.84. The van der Waals surface area contributed by atoms with Gasteiger partial charge in [-0.3, -0.25) is 0 Å². The Bertz CT molecular complexity index is 286. The molecular formula is C10H15NOS. The van der Waals surface area contributed by atoms with E-state index in [0.717, 1.165) is 10.6 Å². The van der Waals surface area contributed by atoms with Crippen molar-refractivity contribution >= 4 is 17.4 Å². The fourth-order valence-corrected chi connectivity index (χ4v) is 1.46. The van der Waals surface area contributed by atoms with Gasteiger partial charge in [0.25, 0.3) is 0 Å². The Labute approximate surface area is 83.5 Å². The predicted molar refractivity (Wildman–Crippen MR) is 58.4 cm³/mol. The summed E-state index contributed by atoms with van der Waals surface area (Å²) in [7, 11) is 0. The summed E-state index contributed by atoms with van der Waals surface area (Å²) in [5.74, 6) is 0.771. The maximum Gasteiger partial charge on any atom is 0.142 e. The van der Waals surface area contributed by atoms with E-state index in [1.807, 2.05) is 38.3 Å². The van der Waals surface area contributed by atoms with Gasteiger partial charge < -0.3 is 10.5 Å². The van der Waals surface area contributed by atoms with Crippen LogP contribution in [0.3, 0.4) is 0 Å². The predicted octanol–water partition coefficient (Wildman–Crippen LogP) is 2.78. The van der Waals surface area contributed by atoms with E-state index in [1.165, 1.54) is 0 Å². The summed E-state index contributed by atoms with van der Waals surface area (Å²) in [5.41, 5.74) is 6.52. The fraction of sp³-hybridized carbons (Fsp3) is 0.400. The van der Waals surface area contributed by atoms with Crippen LogP contribution in [0.15, 0.2) is 23.1 Å². The number of ether oxygens (including phenoxy) is 1. The minimum absolute atomic E-state index is 0.169. The van der Waals surface area contributed by atoms with Gasteiger partial charge in [0.2, 0.25) is 0 Å². The van der Waals surface area contributed by atoms with Crippen LogP contribution >= 0.6 is 11.8 Å². The molecule has 1 aromatic rings. The van der Waals surface area contributed by atoms with Crippen LogP contribution in [-0.2, 0) is 0 Å². The molecule has 0 aliphatic heterocycles. The van der Waals surface area contributed by atoms with Crippen molar-refractivity contribution in [1.29, 1.82) is 0 Å². The molecule has 1 rings (SSSR count). The second kappa shape index (κ2) is 4.42. The largest absolute Gasteiger partial charge is 0.489 e. The van der Waals surface area contributed by atoms with Crippen LogP contribution < -0.4 is 10.5 Å². The van der Waals surface area contributed by atoms with E-state index >= 15 is 0 Å². The van der Waals surface area contributed by atoms with Gasteiger partial charge in [0.05, 0.1) is 11.8 Å². The van der Waals surface area contributed by atoms with E-state index < -0.39 is 0 Å². The van der Waals surface area contributed by atoms with Crippen LogP contribution in [0.1, 0.15) is 13.8 Å². The quantitative estimate of drug-likeness (QED) is 0.598. The summed E-state index contributed by atoms with van der Waals surface area (Å²) in [6.45, 7) is 3.98. The number of benzene rings is 1. The van der Waals surface area contributed by atoms with Gasteiger partial charge in [0.15, 0.2) is 0 Å². The van der Waals surface area contributed by atoms with Crippen LogP contribution in [-0.4, -0.2) is 12.4 Å². The Hall–Kier alpha value is -0.830. The lowest BCUT2D eigenvalue weighted by Gasteiger charge is -2.12. The summed E-state index contributed by atoms with van der Waals surface area (Å²) in [5, 5.41) is 0. The van der Waals surface area contributed by atoms with Crippen LogP contribution in [0, 0.1) is 0 Å². The van der Waals surface area contributed by atoms with Crippen molar-refractivity contribution < 1.29 is 4.74 Å². The van der Waals surface area contributed by atoms with Gasteiger partial charge in [-0.1, -0.05) is 0 Å². The standard InChI is InChI=1S/C10H15NOS/c1-7(2)12-10-5-4-8(13-3)6-9(10)11/h4-7H,11H2,1-3H3. The fourth-order valence-electron chi connectivity index (χ4n) is 1.01. The lowest BCUT2D eigenvalue weighted by atomic mass is 10.3. The van der Waals surface area contributed by atoms with Crippen LogP contribution in [0.25, 0.3) is 0 Å². The van der Waals surface area contributed by atoms with E-state index in [9.17, 15) is 0 Å². The second-order valence-electron chi connectivity index (χ2n) is 3.07. The summed E-state index contributed by atoms with van der Waals surface area (Å²) < 4.78 is 5.51. The third kappa shape index (κ3) is 2.84. The van der Waals surface area contributed by atoms with Gasteiger partial charge >= 0.3 is 0 Å². The molecule has 72 valence electrons. The SMILES string of the molecule is CSc1ccc(OC(C)C)c(N)c1. The highest BCUT2D eigenvalue weighted by Crippen LogP contribution is 2.27. The van der Waals surface area contributed by atoms with Crippen molar-refractivity contribution in [3.8, 4) is 5.75 Å². The number of nitrogen functional groups attached to an aromatic ring is 1. The molecule has 2 N–H and O–H groups in total. The Balaban J connectivity index is 2.85. The molecule has 0 heterocycles. The van der Waals surface area contributed by atoms with Gasteiger partial charge in [0, 0.05) is 4.90 Å². The Kier molecular flexibility index (Phi) is 3.48. The van der Waals surface area contributed by atoms with Crippen molar-refractivity contribution in [3.05, 3.63) is 18.2 Å². The van der Waals surface area contributed by atoms with Crippen LogP contribution in [0.4, 0.5) is 5.69 Å². The number of hydrogen-bond acceptors (Lipinski definition) is 3. The molecule has 0 fully saturated rings. The first-order valence-electron chi connectivity index (χ1n) is 4.23. The maximum absolute atomic E-state index is 5.81. The van der Waals surface area contributed by atoms with Crippen molar-refractivity contribution in [1.82, 2.24) is 0 Å². The Morgan fingerprint density at radius 3 is 2.54 bits per heavy atom. The van der Waals surface area contributed by atoms with E-state index in [1.54, 1.807) is 11.8 Å². The van der Waals surface area contributed by atoms with E-state index in [0.29, 0.717) is 5.69 Å². The molecule has 0 bridgehead atoms. The zero-order valence-corrected chi connectivity index (χ0v) is 9.02. The van der Waals surface area contributed by atoms with Gasteiger partial charge in [-0.2, -0.15) is 0 Å². The summed E-state index contributed by atoms with van der Waals surface area (Å²) in [6, 6.07) is 5.86. The monoisotopic (exact) mass is 197 g/mol. The first-order chi connectivity index (χ1) is 6.13. The van der Waals surface area contributed by atoms with Gasteiger partial charge in [0.1, 0.15) is 5.75 Å². The van der Waals surface area contributed by atoms with Gasteiger partial charge in [-0.05, 0) is 38.3 Å². The van der Waals surface area contributed by atoms with E-state index in [2.05, 4.69) is 0 Å². The molecule has 0 spiro atoms. The average molecular weight is 197 g/mol. The molecule has 1 aromatic carbocycles. The number of thioether (sulfide) groups is 1. The normalized spacial score (nSPS) is 10.5. The van der Waals surface area contributed by atoms with Crippen LogP contribution in [0.2, 0.25) is 0 Å². The minimum Gasteiger partial charge on any atom is -0.489 e. The van der Waals surface area contributed by atoms with Crippen molar-refractivity contribution in [2.24, 2.45) is 0 Å². The molecule has 2 nitrogen and oxygen atoms in total. The molecule has 0 saturated heterocycles. The van der Waals surface area contributed by atoms with Crippen molar-refractivity contribution in [3.63, 3.8) is 0 Å². The molecule has 0 unspecified atom stereocenters. The van der Waals surface area contributed by atoms with E-state index in [4.69, 9.17) is 10.5 Å². The smallest absolute Gasteiger partial charge is 0.142 e. The summed E-state index contributed by atoms with van der Waals surface area (Å²) in [4.78, 5) is 1.16. The number of hydrogen-bond donors (Lipinski definition) is 1. The molecule has 0 aliphatic rings. The highest BCUT2D eigenvalue weighted by atomic mass is 32.2. The number of nitrogens with two attached hydrogens (primary N) is 1. The van der Waals surface area contributed by atoms with Crippen molar-refractivity contribution in [2.75, 3.05) is 12.0 Å². The molecule has 0 radical (unpaired) electrons. The van der Waals surface area contributed by atoms with Crippen molar-refractivity contribution in [2.45, 2.75) is 24.8 Å². The lowest BCUT2D eigenvalue weighted by molar-refractivity contribution is 0.243. The first-order valence-corrected chi connectivity index (χ1v) is 5.46. The lowest BCUT2D eigenvalue weighted by Crippen LogP contribution is -2.07. The van der Waals surface area contributed by atoms with Gasteiger partial charge in [-0.25, -0.2) is 0 Å². The molecule has 0 aliphatic carbocycles.